The molecule has 0 spiro atoms. The SMILES string of the molecule is CCc1ccc(-c2ccc(-c3c4ccccc4c(-c4ccc5c6c(cccc46)-c4c(C)cc(C)cc4CC5)c4ccccc34)cc2)cc1-c1cccc2ccccc12. The van der Waals surface area contributed by atoms with Crippen LogP contribution in [0.4, 0.5) is 0 Å². The van der Waals surface area contributed by atoms with E-state index in [-0.39, 0.29) is 0 Å². The predicted molar refractivity (Wildman–Crippen MR) is 250 cm³/mol. The van der Waals surface area contributed by atoms with Crippen LogP contribution >= 0.6 is 0 Å². The van der Waals surface area contributed by atoms with Crippen molar-refractivity contribution in [3.8, 4) is 55.6 Å². The molecule has 0 unspecified atom stereocenters. The molecule has 58 heavy (non-hydrogen) atoms. The molecule has 0 amide bonds. The maximum Gasteiger partial charge on any atom is -0.00201 e. The van der Waals surface area contributed by atoms with Gasteiger partial charge in [0.2, 0.25) is 0 Å². The highest BCUT2D eigenvalue weighted by Gasteiger charge is 2.23. The highest BCUT2D eigenvalue weighted by atomic mass is 14.3. The van der Waals surface area contributed by atoms with Gasteiger partial charge in [-0.25, -0.2) is 0 Å². The molecule has 0 atom stereocenters. The molecule has 0 nitrogen and oxygen atoms in total. The summed E-state index contributed by atoms with van der Waals surface area (Å²) in [5.74, 6) is 0. The molecule has 0 aromatic heterocycles. The lowest BCUT2D eigenvalue weighted by Gasteiger charge is -2.20. The van der Waals surface area contributed by atoms with Crippen LogP contribution in [-0.2, 0) is 19.3 Å². The Bertz CT molecular complexity index is 3210. The molecule has 0 N–H and O–H groups in total. The van der Waals surface area contributed by atoms with Gasteiger partial charge in [-0.1, -0.05) is 182 Å². The summed E-state index contributed by atoms with van der Waals surface area (Å²) in [5, 5.41) is 10.5. The molecular formula is C58H44. The van der Waals surface area contributed by atoms with Crippen LogP contribution in [-0.4, -0.2) is 0 Å². The van der Waals surface area contributed by atoms with Crippen molar-refractivity contribution in [2.45, 2.75) is 40.0 Å². The molecule has 0 saturated carbocycles. The third-order valence-electron chi connectivity index (χ3n) is 12.9. The summed E-state index contributed by atoms with van der Waals surface area (Å²) >= 11 is 0. The Morgan fingerprint density at radius 1 is 0.379 bits per heavy atom. The second-order valence-corrected chi connectivity index (χ2v) is 16.3. The van der Waals surface area contributed by atoms with E-state index in [1.54, 1.807) is 0 Å². The van der Waals surface area contributed by atoms with Crippen LogP contribution in [0.1, 0.15) is 34.7 Å². The van der Waals surface area contributed by atoms with Crippen molar-refractivity contribution in [3.05, 3.63) is 204 Å². The first-order valence-corrected chi connectivity index (χ1v) is 20.9. The Balaban J connectivity index is 1.08. The maximum absolute atomic E-state index is 2.42. The van der Waals surface area contributed by atoms with Crippen LogP contribution in [0.15, 0.2) is 176 Å². The Kier molecular flexibility index (Phi) is 8.16. The summed E-state index contributed by atoms with van der Waals surface area (Å²) in [7, 11) is 0. The first-order valence-electron chi connectivity index (χ1n) is 20.9. The molecule has 0 fully saturated rings. The predicted octanol–water partition coefficient (Wildman–Crippen LogP) is 15.9. The molecule has 0 heteroatoms. The lowest BCUT2D eigenvalue weighted by Crippen LogP contribution is -1.94. The van der Waals surface area contributed by atoms with Crippen LogP contribution in [0.5, 0.6) is 0 Å². The van der Waals surface area contributed by atoms with Gasteiger partial charge in [-0.15, -0.1) is 0 Å². The zero-order chi connectivity index (χ0) is 38.9. The fourth-order valence-electron chi connectivity index (χ4n) is 10.4. The molecule has 1 aliphatic carbocycles. The minimum atomic E-state index is 0.988. The molecule has 10 aromatic carbocycles. The molecule has 1 aliphatic rings. The van der Waals surface area contributed by atoms with Crippen molar-refractivity contribution in [2.24, 2.45) is 0 Å². The van der Waals surface area contributed by atoms with Gasteiger partial charge in [-0.2, -0.15) is 0 Å². The molecule has 0 aliphatic heterocycles. The van der Waals surface area contributed by atoms with Crippen LogP contribution in [0.25, 0.3) is 98.7 Å². The van der Waals surface area contributed by atoms with E-state index in [9.17, 15) is 0 Å². The Labute approximate surface area is 341 Å². The average molecular weight is 741 g/mol. The lowest BCUT2D eigenvalue weighted by atomic mass is 9.83. The molecule has 0 bridgehead atoms. The zero-order valence-corrected chi connectivity index (χ0v) is 33.4. The fraction of sp³-hybridized carbons (Fsp3) is 0.103. The Morgan fingerprint density at radius 3 is 1.71 bits per heavy atom. The first kappa shape index (κ1) is 34.5. The van der Waals surface area contributed by atoms with Gasteiger partial charge >= 0.3 is 0 Å². The van der Waals surface area contributed by atoms with E-state index >= 15 is 0 Å². The van der Waals surface area contributed by atoms with Crippen molar-refractivity contribution in [1.82, 2.24) is 0 Å². The number of hydrogen-bond donors (Lipinski definition) is 0. The van der Waals surface area contributed by atoms with E-state index in [4.69, 9.17) is 0 Å². The number of benzene rings is 10. The summed E-state index contributed by atoms with van der Waals surface area (Å²) in [5.41, 5.74) is 20.0. The van der Waals surface area contributed by atoms with Gasteiger partial charge in [-0.05, 0) is 160 Å². The quantitative estimate of drug-likeness (QED) is 0.154. The van der Waals surface area contributed by atoms with Gasteiger partial charge in [0.15, 0.2) is 0 Å². The summed E-state index contributed by atoms with van der Waals surface area (Å²) < 4.78 is 0. The van der Waals surface area contributed by atoms with Crippen LogP contribution in [0.3, 0.4) is 0 Å². The van der Waals surface area contributed by atoms with Gasteiger partial charge in [0.25, 0.3) is 0 Å². The Morgan fingerprint density at radius 2 is 0.966 bits per heavy atom. The highest BCUT2D eigenvalue weighted by Crippen LogP contribution is 2.48. The smallest absolute Gasteiger partial charge is 0.00201 e. The second-order valence-electron chi connectivity index (χ2n) is 16.3. The minimum absolute atomic E-state index is 0.988. The van der Waals surface area contributed by atoms with E-state index in [0.717, 1.165) is 19.3 Å². The molecule has 276 valence electrons. The van der Waals surface area contributed by atoms with E-state index in [2.05, 4.69) is 197 Å². The van der Waals surface area contributed by atoms with Crippen molar-refractivity contribution in [2.75, 3.05) is 0 Å². The Hall–Kier alpha value is -6.76. The first-order chi connectivity index (χ1) is 28.6. The van der Waals surface area contributed by atoms with Crippen LogP contribution in [0.2, 0.25) is 0 Å². The molecule has 0 saturated heterocycles. The van der Waals surface area contributed by atoms with Crippen molar-refractivity contribution >= 4 is 43.1 Å². The highest BCUT2D eigenvalue weighted by molar-refractivity contribution is 6.24. The monoisotopic (exact) mass is 740 g/mol. The van der Waals surface area contributed by atoms with Crippen molar-refractivity contribution in [3.63, 3.8) is 0 Å². The minimum Gasteiger partial charge on any atom is -0.0616 e. The van der Waals surface area contributed by atoms with E-state index in [0.29, 0.717) is 0 Å². The summed E-state index contributed by atoms with van der Waals surface area (Å²) in [4.78, 5) is 0. The van der Waals surface area contributed by atoms with Crippen LogP contribution in [0, 0.1) is 13.8 Å². The summed E-state index contributed by atoms with van der Waals surface area (Å²) in [6, 6.07) is 66.5. The van der Waals surface area contributed by atoms with Gasteiger partial charge in [0.1, 0.15) is 0 Å². The van der Waals surface area contributed by atoms with Crippen LogP contribution < -0.4 is 0 Å². The third-order valence-corrected chi connectivity index (χ3v) is 12.9. The topological polar surface area (TPSA) is 0 Å². The largest absolute Gasteiger partial charge is 0.0616 e. The number of aryl methyl sites for hydroxylation is 5. The van der Waals surface area contributed by atoms with Gasteiger partial charge in [0, 0.05) is 0 Å². The van der Waals surface area contributed by atoms with Crippen molar-refractivity contribution < 1.29 is 0 Å². The van der Waals surface area contributed by atoms with Gasteiger partial charge < -0.3 is 0 Å². The summed E-state index contributed by atoms with van der Waals surface area (Å²) in [6.07, 6.45) is 3.10. The number of fused-ring (bicyclic) bond motifs is 5. The van der Waals surface area contributed by atoms with Gasteiger partial charge in [-0.3, -0.25) is 0 Å². The molecule has 11 rings (SSSR count). The molecular weight excluding hydrogens is 697 g/mol. The van der Waals surface area contributed by atoms with Gasteiger partial charge in [0.05, 0.1) is 0 Å². The molecule has 0 heterocycles. The van der Waals surface area contributed by atoms with E-state index < -0.39 is 0 Å². The average Bonchev–Trinajstić information content (AvgIpc) is 3.43. The lowest BCUT2D eigenvalue weighted by molar-refractivity contribution is 0.974. The normalized spacial score (nSPS) is 12.3. The zero-order valence-electron chi connectivity index (χ0n) is 33.4. The number of rotatable bonds is 5. The van der Waals surface area contributed by atoms with E-state index in [1.807, 2.05) is 0 Å². The number of hydrogen-bond acceptors (Lipinski definition) is 0. The second kappa shape index (κ2) is 13.7. The molecule has 10 aromatic rings. The fourth-order valence-corrected chi connectivity index (χ4v) is 10.4. The maximum atomic E-state index is 2.42. The van der Waals surface area contributed by atoms with E-state index in [1.165, 1.54) is 127 Å². The standard InChI is InChI=1S/C58H44/c1-4-38-23-29-43(35-54(38)46-20-11-14-40-13-5-6-15-45(40)46)39-24-26-41(27-25-39)56-47-16-7-9-18-50(47)58(51-19-10-8-17-48(51)56)52-32-31-42-28-30-44-34-36(2)33-37(3)55(44)53-22-12-21-49(52)57(42)53/h5-27,29,31-35H,4,28,30H2,1-3H3. The molecule has 0 radical (unpaired) electrons. The summed E-state index contributed by atoms with van der Waals surface area (Å²) in [6.45, 7) is 6.77. The third kappa shape index (κ3) is 5.43. The van der Waals surface area contributed by atoms with Crippen molar-refractivity contribution in [1.29, 1.82) is 0 Å².